The van der Waals surface area contributed by atoms with Gasteiger partial charge in [0.05, 0.1) is 0 Å². The largest absolute Gasteiger partial charge is 0.444 e. The zero-order valence-electron chi connectivity index (χ0n) is 17.1. The van der Waals surface area contributed by atoms with E-state index in [1.54, 1.807) is 0 Å². The normalized spacial score (nSPS) is 19.2. The summed E-state index contributed by atoms with van der Waals surface area (Å²) in [5.74, 6) is 0.806. The second kappa shape index (κ2) is 6.70. The fraction of sp³-hybridized carbons (Fsp3) is 0.231. The van der Waals surface area contributed by atoms with Crippen LogP contribution in [-0.4, -0.2) is 18.9 Å². The molecular weight excluding hydrogens is 358 g/mol. The maximum atomic E-state index is 6.52. The van der Waals surface area contributed by atoms with Gasteiger partial charge in [-0.05, 0) is 61.9 Å². The van der Waals surface area contributed by atoms with Crippen molar-refractivity contribution in [3.8, 4) is 11.5 Å². The first-order valence-corrected chi connectivity index (χ1v) is 10.3. The topological polar surface area (TPSA) is 21.7 Å². The average molecular weight is 383 g/mol. The summed E-state index contributed by atoms with van der Waals surface area (Å²) >= 11 is 0. The Morgan fingerprint density at radius 2 is 1.69 bits per heavy atom. The molecule has 1 unspecified atom stereocenters. The Morgan fingerprint density at radius 3 is 2.52 bits per heavy atom. The maximum Gasteiger partial charge on any atom is 0.294 e. The van der Waals surface area contributed by atoms with Gasteiger partial charge in [-0.15, -0.1) is 0 Å². The molecule has 0 aliphatic carbocycles. The molecule has 5 rings (SSSR count). The molecule has 0 fully saturated rings. The van der Waals surface area contributed by atoms with Crippen LogP contribution in [0, 0.1) is 0 Å². The first-order valence-electron chi connectivity index (χ1n) is 10.3. The molecule has 0 amide bonds. The number of benzene rings is 3. The van der Waals surface area contributed by atoms with Gasteiger partial charge in [0.15, 0.2) is 0 Å². The van der Waals surface area contributed by atoms with Crippen LogP contribution >= 0.6 is 0 Å². The Hall–Kier alpha value is -3.20. The van der Waals surface area contributed by atoms with Crippen molar-refractivity contribution in [2.24, 2.45) is 0 Å². The van der Waals surface area contributed by atoms with Gasteiger partial charge in [-0.2, -0.15) is 0 Å². The Labute approximate surface area is 171 Å². The van der Waals surface area contributed by atoms with Gasteiger partial charge in [0.25, 0.3) is 5.79 Å². The fourth-order valence-electron chi connectivity index (χ4n) is 4.27. The van der Waals surface area contributed by atoms with Crippen LogP contribution in [0.1, 0.15) is 31.9 Å². The first kappa shape index (κ1) is 17.9. The van der Waals surface area contributed by atoms with Crippen molar-refractivity contribution in [3.05, 3.63) is 77.4 Å². The summed E-state index contributed by atoms with van der Waals surface area (Å²) in [7, 11) is 0. The minimum atomic E-state index is -0.898. The molecule has 2 aliphatic rings. The summed E-state index contributed by atoms with van der Waals surface area (Å²) < 4.78 is 13.0. The van der Waals surface area contributed by atoms with Crippen molar-refractivity contribution in [3.63, 3.8) is 0 Å². The van der Waals surface area contributed by atoms with Gasteiger partial charge in [-0.25, -0.2) is 0 Å². The van der Waals surface area contributed by atoms with Crippen LogP contribution in [-0.2, 0) is 0 Å². The molecule has 0 bridgehead atoms. The first-order chi connectivity index (χ1) is 14.1. The SMILES string of the molecule is CCN(CC)c1ccc2c(c1)OC1(C=C2)Oc2ccc3ccccc3c2C=C1C. The number of hydrogen-bond donors (Lipinski definition) is 0. The molecule has 0 N–H and O–H groups in total. The lowest BCUT2D eigenvalue weighted by molar-refractivity contribution is -0.0409. The Bertz CT molecular complexity index is 1160. The molecule has 3 aromatic rings. The predicted molar refractivity (Wildman–Crippen MR) is 121 cm³/mol. The molecular formula is C26H25NO2. The lowest BCUT2D eigenvalue weighted by Gasteiger charge is -2.39. The molecule has 3 aromatic carbocycles. The number of ether oxygens (including phenoxy) is 2. The van der Waals surface area contributed by atoms with Gasteiger partial charge in [0.1, 0.15) is 11.5 Å². The molecule has 3 nitrogen and oxygen atoms in total. The summed E-state index contributed by atoms with van der Waals surface area (Å²) in [6, 6.07) is 19.0. The smallest absolute Gasteiger partial charge is 0.294 e. The van der Waals surface area contributed by atoms with Gasteiger partial charge in [-0.3, -0.25) is 0 Å². The molecule has 2 aliphatic heterocycles. The standard InChI is InChI=1S/C26H25NO2/c1-4-27(5-2)21-12-10-20-14-15-26(29-25(20)17-21)18(3)16-23-22-9-7-6-8-19(22)11-13-24(23)28-26/h6-17H,4-5H2,1-3H3. The highest BCUT2D eigenvalue weighted by molar-refractivity contribution is 5.94. The summed E-state index contributed by atoms with van der Waals surface area (Å²) in [5, 5.41) is 2.41. The van der Waals surface area contributed by atoms with Gasteiger partial charge in [-0.1, -0.05) is 30.3 Å². The predicted octanol–water partition coefficient (Wildman–Crippen LogP) is 6.28. The van der Waals surface area contributed by atoms with Crippen LogP contribution in [0.4, 0.5) is 5.69 Å². The van der Waals surface area contributed by atoms with Crippen LogP contribution in [0.5, 0.6) is 11.5 Å². The Kier molecular flexibility index (Phi) is 4.13. The number of rotatable bonds is 3. The molecule has 0 saturated heterocycles. The van der Waals surface area contributed by atoms with Crippen LogP contribution in [0.2, 0.25) is 0 Å². The van der Waals surface area contributed by atoms with E-state index in [9.17, 15) is 0 Å². The lowest BCUT2D eigenvalue weighted by atomic mass is 9.93. The van der Waals surface area contributed by atoms with Crippen molar-refractivity contribution in [2.45, 2.75) is 26.6 Å². The zero-order valence-corrected chi connectivity index (χ0v) is 17.1. The van der Waals surface area contributed by atoms with Crippen molar-refractivity contribution in [1.29, 1.82) is 0 Å². The van der Waals surface area contributed by atoms with E-state index >= 15 is 0 Å². The van der Waals surface area contributed by atoms with Crippen LogP contribution in [0.3, 0.4) is 0 Å². The fourth-order valence-corrected chi connectivity index (χ4v) is 4.27. The number of anilines is 1. The van der Waals surface area contributed by atoms with Crippen LogP contribution in [0.25, 0.3) is 22.9 Å². The molecule has 1 atom stereocenters. The molecule has 3 heteroatoms. The average Bonchev–Trinajstić information content (AvgIpc) is 2.75. The highest BCUT2D eigenvalue weighted by atomic mass is 16.7. The molecule has 0 aromatic heterocycles. The second-order valence-corrected chi connectivity index (χ2v) is 7.63. The maximum absolute atomic E-state index is 6.52. The summed E-state index contributed by atoms with van der Waals surface area (Å²) in [5.41, 5.74) is 4.40. The summed E-state index contributed by atoms with van der Waals surface area (Å²) in [4.78, 5) is 2.32. The summed E-state index contributed by atoms with van der Waals surface area (Å²) in [6.07, 6.45) is 6.33. The summed E-state index contributed by atoms with van der Waals surface area (Å²) in [6.45, 7) is 8.35. The highest BCUT2D eigenvalue weighted by Gasteiger charge is 2.40. The van der Waals surface area contributed by atoms with E-state index in [1.807, 2.05) is 12.1 Å². The third kappa shape index (κ3) is 2.80. The second-order valence-electron chi connectivity index (χ2n) is 7.63. The van der Waals surface area contributed by atoms with Crippen molar-refractivity contribution < 1.29 is 9.47 Å². The zero-order chi connectivity index (χ0) is 20.0. The number of fused-ring (bicyclic) bond motifs is 4. The van der Waals surface area contributed by atoms with E-state index in [0.29, 0.717) is 0 Å². The van der Waals surface area contributed by atoms with E-state index in [2.05, 4.69) is 86.4 Å². The molecule has 29 heavy (non-hydrogen) atoms. The van der Waals surface area contributed by atoms with Gasteiger partial charge >= 0.3 is 0 Å². The van der Waals surface area contributed by atoms with E-state index in [0.717, 1.165) is 41.3 Å². The van der Waals surface area contributed by atoms with Gasteiger partial charge < -0.3 is 14.4 Å². The molecule has 146 valence electrons. The number of nitrogens with zero attached hydrogens (tertiary/aromatic N) is 1. The number of hydrogen-bond acceptors (Lipinski definition) is 3. The lowest BCUT2D eigenvalue weighted by Crippen LogP contribution is -2.44. The van der Waals surface area contributed by atoms with Crippen LogP contribution < -0.4 is 14.4 Å². The molecule has 0 radical (unpaired) electrons. The van der Waals surface area contributed by atoms with Gasteiger partial charge in [0.2, 0.25) is 0 Å². The Balaban J connectivity index is 1.57. The van der Waals surface area contributed by atoms with E-state index in [-0.39, 0.29) is 0 Å². The van der Waals surface area contributed by atoms with Crippen molar-refractivity contribution in [1.82, 2.24) is 0 Å². The molecule has 2 heterocycles. The minimum absolute atomic E-state index is 0.849. The van der Waals surface area contributed by atoms with E-state index in [4.69, 9.17) is 9.47 Å². The van der Waals surface area contributed by atoms with Gasteiger partial charge in [0, 0.05) is 47.6 Å². The third-order valence-electron chi connectivity index (χ3n) is 5.97. The Morgan fingerprint density at radius 1 is 0.897 bits per heavy atom. The van der Waals surface area contributed by atoms with Crippen molar-refractivity contribution in [2.75, 3.05) is 18.0 Å². The third-order valence-corrected chi connectivity index (χ3v) is 5.97. The monoisotopic (exact) mass is 383 g/mol. The minimum Gasteiger partial charge on any atom is -0.444 e. The molecule has 1 spiro atoms. The van der Waals surface area contributed by atoms with Crippen molar-refractivity contribution >= 4 is 28.6 Å². The highest BCUT2D eigenvalue weighted by Crippen LogP contribution is 2.44. The molecule has 0 saturated carbocycles. The van der Waals surface area contributed by atoms with Crippen LogP contribution in [0.15, 0.2) is 66.2 Å². The quantitative estimate of drug-likeness (QED) is 0.531. The van der Waals surface area contributed by atoms with E-state index < -0.39 is 5.79 Å². The van der Waals surface area contributed by atoms with E-state index in [1.165, 1.54) is 16.5 Å².